The summed E-state index contributed by atoms with van der Waals surface area (Å²) in [4.78, 5) is 20.6. The van der Waals surface area contributed by atoms with Crippen LogP contribution >= 0.6 is 0 Å². The standard InChI is InChI=1S/C23H33N5O/c1-5-24-23(26-16-17-28(4)21-12-7-6-8-13-21)25-15-14-19-10-9-11-20(18-19)22(29)27(2)3/h6-13,18H,5,14-17H2,1-4H3,(H2,24,25,26). The van der Waals surface area contributed by atoms with Gasteiger partial charge in [-0.2, -0.15) is 0 Å². The quantitative estimate of drug-likeness (QED) is 0.506. The predicted molar refractivity (Wildman–Crippen MR) is 122 cm³/mol. The molecular weight excluding hydrogens is 362 g/mol. The summed E-state index contributed by atoms with van der Waals surface area (Å²) in [6.45, 7) is 5.20. The summed E-state index contributed by atoms with van der Waals surface area (Å²) in [5.74, 6) is 0.836. The molecule has 0 atom stereocenters. The Morgan fingerprint density at radius 2 is 1.76 bits per heavy atom. The molecule has 1 amide bonds. The summed E-state index contributed by atoms with van der Waals surface area (Å²) in [7, 11) is 5.62. The Kier molecular flexibility index (Phi) is 9.02. The van der Waals surface area contributed by atoms with Crippen LogP contribution in [0.2, 0.25) is 0 Å². The fraction of sp³-hybridized carbons (Fsp3) is 0.391. The molecule has 0 aliphatic heterocycles. The van der Waals surface area contributed by atoms with Crippen molar-refractivity contribution in [3.05, 3.63) is 65.7 Å². The first-order valence-electron chi connectivity index (χ1n) is 10.1. The molecule has 156 valence electrons. The van der Waals surface area contributed by atoms with E-state index in [0.717, 1.165) is 37.6 Å². The number of nitrogens with zero attached hydrogens (tertiary/aromatic N) is 3. The van der Waals surface area contributed by atoms with Gasteiger partial charge in [-0.25, -0.2) is 0 Å². The zero-order valence-electron chi connectivity index (χ0n) is 18.0. The Morgan fingerprint density at radius 3 is 2.45 bits per heavy atom. The molecule has 0 aromatic heterocycles. The molecule has 0 fully saturated rings. The van der Waals surface area contributed by atoms with Crippen LogP contribution in [-0.4, -0.2) is 64.1 Å². The van der Waals surface area contributed by atoms with E-state index in [4.69, 9.17) is 0 Å². The number of benzene rings is 2. The van der Waals surface area contributed by atoms with Gasteiger partial charge in [0.15, 0.2) is 5.96 Å². The molecule has 2 aromatic carbocycles. The van der Waals surface area contributed by atoms with Crippen molar-refractivity contribution in [1.82, 2.24) is 15.5 Å². The molecule has 0 bridgehead atoms. The molecule has 0 saturated carbocycles. The molecule has 6 heteroatoms. The van der Waals surface area contributed by atoms with Crippen molar-refractivity contribution in [3.8, 4) is 0 Å². The van der Waals surface area contributed by atoms with E-state index >= 15 is 0 Å². The maximum atomic E-state index is 12.1. The van der Waals surface area contributed by atoms with Crippen LogP contribution in [0.25, 0.3) is 0 Å². The Morgan fingerprint density at radius 1 is 1.00 bits per heavy atom. The van der Waals surface area contributed by atoms with E-state index in [1.54, 1.807) is 19.0 Å². The lowest BCUT2D eigenvalue weighted by Crippen LogP contribution is -2.41. The van der Waals surface area contributed by atoms with Gasteiger partial charge in [-0.05, 0) is 43.2 Å². The van der Waals surface area contributed by atoms with Gasteiger partial charge in [0.05, 0.1) is 0 Å². The number of carbonyl (C=O) groups is 1. The van der Waals surface area contributed by atoms with Gasteiger partial charge in [-0.15, -0.1) is 0 Å². The summed E-state index contributed by atoms with van der Waals surface area (Å²) in [6.07, 6.45) is 0.787. The Hall–Kier alpha value is -3.02. The van der Waals surface area contributed by atoms with Crippen molar-refractivity contribution in [2.45, 2.75) is 13.3 Å². The lowest BCUT2D eigenvalue weighted by Gasteiger charge is -2.20. The highest BCUT2D eigenvalue weighted by atomic mass is 16.2. The fourth-order valence-electron chi connectivity index (χ4n) is 2.91. The molecule has 2 N–H and O–H groups in total. The molecular formula is C23H33N5O. The maximum Gasteiger partial charge on any atom is 0.253 e. The minimum Gasteiger partial charge on any atom is -0.373 e. The number of anilines is 1. The molecule has 2 rings (SSSR count). The average molecular weight is 396 g/mol. The largest absolute Gasteiger partial charge is 0.373 e. The average Bonchev–Trinajstić information content (AvgIpc) is 2.74. The van der Waals surface area contributed by atoms with Crippen LogP contribution in [0, 0.1) is 0 Å². The van der Waals surface area contributed by atoms with Crippen molar-refractivity contribution in [1.29, 1.82) is 0 Å². The second kappa shape index (κ2) is 11.7. The van der Waals surface area contributed by atoms with Crippen LogP contribution in [0.1, 0.15) is 22.8 Å². The highest BCUT2D eigenvalue weighted by Gasteiger charge is 2.08. The van der Waals surface area contributed by atoms with E-state index in [9.17, 15) is 4.79 Å². The van der Waals surface area contributed by atoms with Crippen molar-refractivity contribution in [2.24, 2.45) is 4.99 Å². The van der Waals surface area contributed by atoms with Gasteiger partial charge in [0, 0.05) is 58.6 Å². The predicted octanol–water partition coefficient (Wildman–Crippen LogP) is 2.62. The van der Waals surface area contributed by atoms with Crippen molar-refractivity contribution in [2.75, 3.05) is 52.2 Å². The first-order chi connectivity index (χ1) is 14.0. The van der Waals surface area contributed by atoms with Crippen LogP contribution in [0.5, 0.6) is 0 Å². The monoisotopic (exact) mass is 395 g/mol. The first kappa shape index (κ1) is 22.3. The normalized spacial score (nSPS) is 11.1. The second-order valence-electron chi connectivity index (χ2n) is 7.09. The van der Waals surface area contributed by atoms with E-state index < -0.39 is 0 Å². The van der Waals surface area contributed by atoms with Crippen LogP contribution < -0.4 is 15.5 Å². The van der Waals surface area contributed by atoms with E-state index in [1.165, 1.54) is 5.69 Å². The number of aliphatic imine (C=N–C) groups is 1. The number of carbonyl (C=O) groups excluding carboxylic acids is 1. The lowest BCUT2D eigenvalue weighted by molar-refractivity contribution is 0.0827. The number of nitrogens with one attached hydrogen (secondary N) is 2. The van der Waals surface area contributed by atoms with Gasteiger partial charge in [0.1, 0.15) is 0 Å². The van der Waals surface area contributed by atoms with E-state index in [1.807, 2.05) is 42.5 Å². The second-order valence-corrected chi connectivity index (χ2v) is 7.09. The van der Waals surface area contributed by atoms with Gasteiger partial charge in [0.2, 0.25) is 0 Å². The van der Waals surface area contributed by atoms with Gasteiger partial charge in [-0.3, -0.25) is 9.79 Å². The van der Waals surface area contributed by atoms with Crippen LogP contribution in [0.3, 0.4) is 0 Å². The SMILES string of the molecule is CCNC(=NCCc1cccc(C(=O)N(C)C)c1)NCCN(C)c1ccccc1. The maximum absolute atomic E-state index is 12.1. The van der Waals surface area contributed by atoms with Crippen LogP contribution in [-0.2, 0) is 6.42 Å². The smallest absolute Gasteiger partial charge is 0.253 e. The van der Waals surface area contributed by atoms with Crippen molar-refractivity contribution < 1.29 is 4.79 Å². The Balaban J connectivity index is 1.86. The summed E-state index contributed by atoms with van der Waals surface area (Å²) in [5, 5.41) is 6.68. The molecule has 6 nitrogen and oxygen atoms in total. The van der Waals surface area contributed by atoms with Crippen molar-refractivity contribution in [3.63, 3.8) is 0 Å². The molecule has 0 radical (unpaired) electrons. The van der Waals surface area contributed by atoms with Gasteiger partial charge in [-0.1, -0.05) is 30.3 Å². The Labute approximate surface area is 174 Å². The summed E-state index contributed by atoms with van der Waals surface area (Å²) >= 11 is 0. The Bertz CT molecular complexity index is 789. The highest BCUT2D eigenvalue weighted by molar-refractivity contribution is 5.94. The van der Waals surface area contributed by atoms with Crippen LogP contribution in [0.4, 0.5) is 5.69 Å². The number of hydrogen-bond donors (Lipinski definition) is 2. The van der Waals surface area contributed by atoms with Crippen LogP contribution in [0.15, 0.2) is 59.6 Å². The number of rotatable bonds is 9. The molecule has 29 heavy (non-hydrogen) atoms. The molecule has 0 aliphatic rings. The molecule has 0 heterocycles. The van der Waals surface area contributed by atoms with E-state index in [-0.39, 0.29) is 5.91 Å². The third-order valence-electron chi connectivity index (χ3n) is 4.53. The van der Waals surface area contributed by atoms with Gasteiger partial charge < -0.3 is 20.4 Å². The molecule has 0 spiro atoms. The lowest BCUT2D eigenvalue weighted by atomic mass is 10.1. The van der Waals surface area contributed by atoms with E-state index in [0.29, 0.717) is 12.1 Å². The minimum atomic E-state index is 0.0212. The zero-order valence-corrected chi connectivity index (χ0v) is 18.0. The molecule has 0 saturated heterocycles. The topological polar surface area (TPSA) is 60.0 Å². The molecule has 2 aromatic rings. The number of hydrogen-bond acceptors (Lipinski definition) is 3. The number of amides is 1. The summed E-state index contributed by atoms with van der Waals surface area (Å²) < 4.78 is 0. The molecule has 0 aliphatic carbocycles. The summed E-state index contributed by atoms with van der Waals surface area (Å²) in [5.41, 5.74) is 3.02. The zero-order chi connectivity index (χ0) is 21.1. The fourth-order valence-corrected chi connectivity index (χ4v) is 2.91. The van der Waals surface area contributed by atoms with Gasteiger partial charge in [0.25, 0.3) is 5.91 Å². The minimum absolute atomic E-state index is 0.0212. The number of likely N-dealkylation sites (N-methyl/N-ethyl adjacent to an activating group) is 1. The third-order valence-corrected chi connectivity index (χ3v) is 4.53. The highest BCUT2D eigenvalue weighted by Crippen LogP contribution is 2.10. The van der Waals surface area contributed by atoms with Crippen molar-refractivity contribution >= 4 is 17.6 Å². The number of guanidine groups is 1. The number of para-hydroxylation sites is 1. The van der Waals surface area contributed by atoms with E-state index in [2.05, 4.69) is 46.6 Å². The summed E-state index contributed by atoms with van der Waals surface area (Å²) in [6, 6.07) is 18.1. The van der Waals surface area contributed by atoms with Gasteiger partial charge >= 0.3 is 0 Å². The first-order valence-corrected chi connectivity index (χ1v) is 10.1. The molecule has 0 unspecified atom stereocenters. The third kappa shape index (κ3) is 7.49.